The Morgan fingerprint density at radius 3 is 2.44 bits per heavy atom. The normalized spacial score (nSPS) is 12.9. The number of amides is 1. The van der Waals surface area contributed by atoms with E-state index in [-0.39, 0.29) is 11.9 Å². The molecule has 5 heteroatoms. The van der Waals surface area contributed by atoms with Gasteiger partial charge in [-0.3, -0.25) is 4.79 Å². The molecule has 1 aromatic heterocycles. The second-order valence-corrected chi connectivity index (χ2v) is 9.47. The molecule has 1 N–H and O–H groups in total. The average molecular weight is 484 g/mol. The van der Waals surface area contributed by atoms with Crippen LogP contribution in [0.5, 0.6) is 5.75 Å². The predicted octanol–water partition coefficient (Wildman–Crippen LogP) is 6.83. The summed E-state index contributed by atoms with van der Waals surface area (Å²) in [6, 6.07) is 26.5. The van der Waals surface area contributed by atoms with E-state index in [0.29, 0.717) is 18.9 Å². The van der Waals surface area contributed by atoms with E-state index >= 15 is 0 Å². The topological polar surface area (TPSA) is 56.1 Å². The number of rotatable bonds is 12. The molecular formula is C31H37N3O2. The first-order valence-corrected chi connectivity index (χ1v) is 13.1. The van der Waals surface area contributed by atoms with Gasteiger partial charge in [-0.15, -0.1) is 0 Å². The Balaban J connectivity index is 1.36. The lowest BCUT2D eigenvalue weighted by atomic mass is 9.99. The number of imidazole rings is 1. The highest BCUT2D eigenvalue weighted by Gasteiger charge is 2.18. The smallest absolute Gasteiger partial charge is 0.220 e. The molecule has 0 radical (unpaired) electrons. The van der Waals surface area contributed by atoms with Crippen molar-refractivity contribution >= 4 is 16.9 Å². The number of ether oxygens (including phenoxy) is 1. The number of hydrogen-bond acceptors (Lipinski definition) is 3. The van der Waals surface area contributed by atoms with Crippen LogP contribution < -0.4 is 10.1 Å². The summed E-state index contributed by atoms with van der Waals surface area (Å²) in [4.78, 5) is 17.5. The van der Waals surface area contributed by atoms with Gasteiger partial charge in [0, 0.05) is 13.0 Å². The van der Waals surface area contributed by atoms with Crippen molar-refractivity contribution in [3.05, 3.63) is 95.8 Å². The minimum Gasteiger partial charge on any atom is -0.494 e. The van der Waals surface area contributed by atoms with Gasteiger partial charge in [0.25, 0.3) is 0 Å². The van der Waals surface area contributed by atoms with Crippen molar-refractivity contribution in [2.24, 2.45) is 0 Å². The molecule has 1 heterocycles. The summed E-state index contributed by atoms with van der Waals surface area (Å²) >= 11 is 0. The zero-order valence-electron chi connectivity index (χ0n) is 21.6. The number of benzene rings is 3. The van der Waals surface area contributed by atoms with Crippen LogP contribution in [-0.4, -0.2) is 22.1 Å². The summed E-state index contributed by atoms with van der Waals surface area (Å²) < 4.78 is 8.24. The molecular weight excluding hydrogens is 446 g/mol. The monoisotopic (exact) mass is 483 g/mol. The Morgan fingerprint density at radius 2 is 1.69 bits per heavy atom. The first-order chi connectivity index (χ1) is 17.5. The summed E-state index contributed by atoms with van der Waals surface area (Å²) in [7, 11) is 0. The lowest BCUT2D eigenvalue weighted by molar-refractivity contribution is -0.121. The van der Waals surface area contributed by atoms with Crippen molar-refractivity contribution in [2.45, 2.75) is 65.0 Å². The first-order valence-electron chi connectivity index (χ1n) is 13.1. The van der Waals surface area contributed by atoms with Gasteiger partial charge in [-0.1, -0.05) is 68.4 Å². The lowest BCUT2D eigenvalue weighted by Gasteiger charge is -2.17. The van der Waals surface area contributed by atoms with E-state index in [2.05, 4.69) is 66.2 Å². The van der Waals surface area contributed by atoms with E-state index in [0.717, 1.165) is 48.4 Å². The quantitative estimate of drug-likeness (QED) is 0.225. The zero-order valence-corrected chi connectivity index (χ0v) is 21.6. The van der Waals surface area contributed by atoms with E-state index in [1.165, 1.54) is 11.1 Å². The minimum atomic E-state index is -0.185. The summed E-state index contributed by atoms with van der Waals surface area (Å²) in [6.07, 6.45) is 3.16. The lowest BCUT2D eigenvalue weighted by Crippen LogP contribution is -2.29. The largest absolute Gasteiger partial charge is 0.494 e. The molecule has 2 unspecified atom stereocenters. The number of fused-ring (bicyclic) bond motifs is 1. The maximum atomic E-state index is 12.7. The van der Waals surface area contributed by atoms with Crippen LogP contribution >= 0.6 is 0 Å². The van der Waals surface area contributed by atoms with E-state index < -0.39 is 0 Å². The van der Waals surface area contributed by atoms with Crippen molar-refractivity contribution in [2.75, 3.05) is 6.61 Å². The molecule has 0 aliphatic heterocycles. The number of aromatic nitrogens is 2. The Labute approximate surface area is 214 Å². The number of carbonyl (C=O) groups excluding carboxylic acids is 1. The van der Waals surface area contributed by atoms with Crippen LogP contribution in [0.4, 0.5) is 0 Å². The Kier molecular flexibility index (Phi) is 8.77. The maximum Gasteiger partial charge on any atom is 0.220 e. The molecule has 0 aliphatic rings. The highest BCUT2D eigenvalue weighted by Crippen LogP contribution is 2.23. The SMILES string of the molecule is CCC(C)c1ccc(OCCCn2c(C(C)NC(=O)CCc3ccccc3)nc3ccccc32)cc1. The molecule has 0 bridgehead atoms. The van der Waals surface area contributed by atoms with Crippen molar-refractivity contribution in [1.82, 2.24) is 14.9 Å². The van der Waals surface area contributed by atoms with Crippen molar-refractivity contribution in [1.29, 1.82) is 0 Å². The standard InChI is InChI=1S/C31H37N3O2/c1-4-23(2)26-16-18-27(19-17-26)36-22-10-21-34-29-14-9-8-13-28(29)33-31(34)24(3)32-30(35)20-15-25-11-6-5-7-12-25/h5-9,11-14,16-19,23-24H,4,10,15,20-22H2,1-3H3,(H,32,35). The predicted molar refractivity (Wildman–Crippen MR) is 146 cm³/mol. The van der Waals surface area contributed by atoms with Crippen molar-refractivity contribution in [3.63, 3.8) is 0 Å². The van der Waals surface area contributed by atoms with Crippen LogP contribution in [0.3, 0.4) is 0 Å². The second kappa shape index (κ2) is 12.4. The molecule has 3 aromatic carbocycles. The maximum absolute atomic E-state index is 12.7. The fraction of sp³-hybridized carbons (Fsp3) is 0.355. The van der Waals surface area contributed by atoms with Gasteiger partial charge in [-0.05, 0) is 67.5 Å². The van der Waals surface area contributed by atoms with Crippen molar-refractivity contribution < 1.29 is 9.53 Å². The Hall–Kier alpha value is -3.60. The fourth-order valence-electron chi connectivity index (χ4n) is 4.48. The zero-order chi connectivity index (χ0) is 25.3. The van der Waals surface area contributed by atoms with E-state index in [1.807, 2.05) is 43.3 Å². The molecule has 36 heavy (non-hydrogen) atoms. The molecule has 0 fully saturated rings. The number of nitrogens with one attached hydrogen (secondary N) is 1. The van der Waals surface area contributed by atoms with Gasteiger partial charge in [0.1, 0.15) is 11.6 Å². The number of carbonyl (C=O) groups is 1. The number of aryl methyl sites for hydroxylation is 2. The molecule has 5 nitrogen and oxygen atoms in total. The Bertz CT molecular complexity index is 1250. The van der Waals surface area contributed by atoms with Gasteiger partial charge < -0.3 is 14.6 Å². The van der Waals surface area contributed by atoms with Crippen molar-refractivity contribution in [3.8, 4) is 5.75 Å². The number of para-hydroxylation sites is 2. The third-order valence-corrected chi connectivity index (χ3v) is 6.79. The van der Waals surface area contributed by atoms with Crippen LogP contribution in [-0.2, 0) is 17.8 Å². The van der Waals surface area contributed by atoms with E-state index in [9.17, 15) is 4.79 Å². The van der Waals surface area contributed by atoms with Crippen LogP contribution in [0.1, 0.15) is 68.9 Å². The van der Waals surface area contributed by atoms with E-state index in [4.69, 9.17) is 9.72 Å². The van der Waals surface area contributed by atoms with Crippen LogP contribution in [0.2, 0.25) is 0 Å². The van der Waals surface area contributed by atoms with E-state index in [1.54, 1.807) is 0 Å². The third-order valence-electron chi connectivity index (χ3n) is 6.79. The number of nitrogens with zero attached hydrogens (tertiary/aromatic N) is 2. The minimum absolute atomic E-state index is 0.0362. The van der Waals surface area contributed by atoms with Gasteiger partial charge in [-0.25, -0.2) is 4.98 Å². The molecule has 4 rings (SSSR count). The Morgan fingerprint density at radius 1 is 0.972 bits per heavy atom. The van der Waals surface area contributed by atoms with Gasteiger partial charge in [-0.2, -0.15) is 0 Å². The third kappa shape index (κ3) is 6.54. The average Bonchev–Trinajstić information content (AvgIpc) is 3.29. The summed E-state index contributed by atoms with van der Waals surface area (Å²) in [6.45, 7) is 7.85. The summed E-state index contributed by atoms with van der Waals surface area (Å²) in [5.41, 5.74) is 4.54. The van der Waals surface area contributed by atoms with Crippen LogP contribution in [0.15, 0.2) is 78.9 Å². The highest BCUT2D eigenvalue weighted by molar-refractivity contribution is 5.78. The fourth-order valence-corrected chi connectivity index (χ4v) is 4.48. The molecule has 0 saturated carbocycles. The van der Waals surface area contributed by atoms with Gasteiger partial charge in [0.05, 0.1) is 23.7 Å². The van der Waals surface area contributed by atoms with Gasteiger partial charge in [0.15, 0.2) is 0 Å². The molecule has 0 saturated heterocycles. The molecule has 0 aliphatic carbocycles. The van der Waals surface area contributed by atoms with Gasteiger partial charge in [0.2, 0.25) is 5.91 Å². The van der Waals surface area contributed by atoms with Crippen LogP contribution in [0.25, 0.3) is 11.0 Å². The molecule has 0 spiro atoms. The molecule has 2 atom stereocenters. The molecule has 4 aromatic rings. The second-order valence-electron chi connectivity index (χ2n) is 9.47. The molecule has 188 valence electrons. The number of hydrogen-bond donors (Lipinski definition) is 1. The van der Waals surface area contributed by atoms with Crippen LogP contribution in [0, 0.1) is 0 Å². The summed E-state index contributed by atoms with van der Waals surface area (Å²) in [5, 5.41) is 3.15. The first kappa shape index (κ1) is 25.5. The summed E-state index contributed by atoms with van der Waals surface area (Å²) in [5.74, 6) is 2.38. The van der Waals surface area contributed by atoms with Gasteiger partial charge >= 0.3 is 0 Å². The molecule has 1 amide bonds. The highest BCUT2D eigenvalue weighted by atomic mass is 16.5.